The van der Waals surface area contributed by atoms with Gasteiger partial charge in [0.1, 0.15) is 0 Å². The summed E-state index contributed by atoms with van der Waals surface area (Å²) in [5.41, 5.74) is 4.87. The molecule has 2 aromatic heterocycles. The number of hydrogen-bond donors (Lipinski definition) is 0. The van der Waals surface area contributed by atoms with Crippen LogP contribution in [0.4, 0.5) is 5.69 Å². The van der Waals surface area contributed by atoms with Crippen molar-refractivity contribution in [1.82, 2.24) is 14.8 Å². The number of aromatic nitrogens is 3. The SMILES string of the molecule is Cc1cc(N2CCC(Cc3cnn(C)c3)C2)c2ccccc2n1. The molecule has 3 heterocycles. The number of anilines is 1. The van der Waals surface area contributed by atoms with Gasteiger partial charge in [0.15, 0.2) is 0 Å². The summed E-state index contributed by atoms with van der Waals surface area (Å²) in [6.07, 6.45) is 6.49. The molecule has 1 atom stereocenters. The number of rotatable bonds is 3. The van der Waals surface area contributed by atoms with Gasteiger partial charge in [-0.05, 0) is 43.4 Å². The molecule has 0 saturated carbocycles. The number of benzene rings is 1. The average Bonchev–Trinajstić information content (AvgIpc) is 3.16. The number of pyridine rings is 1. The van der Waals surface area contributed by atoms with Crippen molar-refractivity contribution < 1.29 is 0 Å². The van der Waals surface area contributed by atoms with Gasteiger partial charge in [0.05, 0.1) is 11.7 Å². The Morgan fingerprint density at radius 3 is 2.96 bits per heavy atom. The Morgan fingerprint density at radius 1 is 1.26 bits per heavy atom. The van der Waals surface area contributed by atoms with Gasteiger partial charge in [-0.3, -0.25) is 9.67 Å². The number of aryl methyl sites for hydroxylation is 2. The van der Waals surface area contributed by atoms with Crippen LogP contribution in [0.5, 0.6) is 0 Å². The minimum Gasteiger partial charge on any atom is -0.371 e. The lowest BCUT2D eigenvalue weighted by molar-refractivity contribution is 0.586. The van der Waals surface area contributed by atoms with Crippen LogP contribution in [0.1, 0.15) is 17.7 Å². The van der Waals surface area contributed by atoms with Crippen LogP contribution in [0.2, 0.25) is 0 Å². The second-order valence-electron chi connectivity index (χ2n) is 6.63. The van der Waals surface area contributed by atoms with Crippen LogP contribution >= 0.6 is 0 Å². The molecule has 1 aliphatic rings. The first-order valence-corrected chi connectivity index (χ1v) is 8.28. The Balaban J connectivity index is 1.58. The summed E-state index contributed by atoms with van der Waals surface area (Å²) < 4.78 is 1.89. The van der Waals surface area contributed by atoms with E-state index >= 15 is 0 Å². The van der Waals surface area contributed by atoms with Crippen LogP contribution in [0.25, 0.3) is 10.9 Å². The molecule has 4 rings (SSSR count). The van der Waals surface area contributed by atoms with Gasteiger partial charge in [-0.1, -0.05) is 18.2 Å². The third-order valence-corrected chi connectivity index (χ3v) is 4.73. The highest BCUT2D eigenvalue weighted by atomic mass is 15.2. The molecule has 4 heteroatoms. The lowest BCUT2D eigenvalue weighted by Crippen LogP contribution is -2.20. The summed E-state index contributed by atoms with van der Waals surface area (Å²) in [5, 5.41) is 5.55. The van der Waals surface area contributed by atoms with Crippen molar-refractivity contribution in [3.05, 3.63) is 54.0 Å². The number of hydrogen-bond acceptors (Lipinski definition) is 3. The Bertz CT molecular complexity index is 836. The maximum atomic E-state index is 4.66. The zero-order valence-corrected chi connectivity index (χ0v) is 13.7. The van der Waals surface area contributed by atoms with Gasteiger partial charge >= 0.3 is 0 Å². The second kappa shape index (κ2) is 5.69. The average molecular weight is 306 g/mol. The van der Waals surface area contributed by atoms with Crippen molar-refractivity contribution in [2.24, 2.45) is 13.0 Å². The lowest BCUT2D eigenvalue weighted by atomic mass is 10.0. The third kappa shape index (κ3) is 2.81. The van der Waals surface area contributed by atoms with E-state index in [-0.39, 0.29) is 0 Å². The summed E-state index contributed by atoms with van der Waals surface area (Å²) in [6, 6.07) is 10.7. The Kier molecular flexibility index (Phi) is 3.52. The molecular formula is C19H22N4. The predicted molar refractivity (Wildman–Crippen MR) is 93.7 cm³/mol. The molecular weight excluding hydrogens is 284 g/mol. The van der Waals surface area contributed by atoms with Gasteiger partial charge in [-0.25, -0.2) is 0 Å². The molecule has 1 unspecified atom stereocenters. The Labute approximate surface area is 136 Å². The second-order valence-corrected chi connectivity index (χ2v) is 6.63. The highest BCUT2D eigenvalue weighted by Gasteiger charge is 2.24. The van der Waals surface area contributed by atoms with E-state index in [9.17, 15) is 0 Å². The van der Waals surface area contributed by atoms with Crippen LogP contribution < -0.4 is 4.90 Å². The minimum atomic E-state index is 0.700. The van der Waals surface area contributed by atoms with Gasteiger partial charge in [-0.2, -0.15) is 5.10 Å². The first-order valence-electron chi connectivity index (χ1n) is 8.28. The van der Waals surface area contributed by atoms with E-state index < -0.39 is 0 Å². The fourth-order valence-corrected chi connectivity index (χ4v) is 3.68. The molecule has 1 saturated heterocycles. The minimum absolute atomic E-state index is 0.700. The van der Waals surface area contributed by atoms with Crippen LogP contribution in [-0.4, -0.2) is 27.9 Å². The zero-order chi connectivity index (χ0) is 15.8. The molecule has 3 aromatic rings. The number of para-hydroxylation sites is 1. The number of nitrogens with zero attached hydrogens (tertiary/aromatic N) is 4. The van der Waals surface area contributed by atoms with Gasteiger partial charge in [0.25, 0.3) is 0 Å². The Morgan fingerprint density at radius 2 is 2.13 bits per heavy atom. The van der Waals surface area contributed by atoms with E-state index in [1.807, 2.05) is 17.9 Å². The summed E-state index contributed by atoms with van der Waals surface area (Å²) in [7, 11) is 1.98. The van der Waals surface area contributed by atoms with E-state index in [0.717, 1.165) is 30.7 Å². The van der Waals surface area contributed by atoms with E-state index in [2.05, 4.69) is 58.4 Å². The fourth-order valence-electron chi connectivity index (χ4n) is 3.68. The van der Waals surface area contributed by atoms with Gasteiger partial charge in [0.2, 0.25) is 0 Å². The smallest absolute Gasteiger partial charge is 0.0726 e. The quantitative estimate of drug-likeness (QED) is 0.744. The van der Waals surface area contributed by atoms with E-state index in [4.69, 9.17) is 0 Å². The first kappa shape index (κ1) is 14.2. The monoisotopic (exact) mass is 306 g/mol. The maximum Gasteiger partial charge on any atom is 0.0726 e. The molecule has 0 spiro atoms. The third-order valence-electron chi connectivity index (χ3n) is 4.73. The summed E-state index contributed by atoms with van der Waals surface area (Å²) in [5.74, 6) is 0.700. The molecule has 0 aliphatic carbocycles. The summed E-state index contributed by atoms with van der Waals surface area (Å²) in [6.45, 7) is 4.32. The highest BCUT2D eigenvalue weighted by molar-refractivity contribution is 5.92. The molecule has 118 valence electrons. The largest absolute Gasteiger partial charge is 0.371 e. The van der Waals surface area contributed by atoms with E-state index in [1.54, 1.807) is 0 Å². The van der Waals surface area contributed by atoms with Gasteiger partial charge in [-0.15, -0.1) is 0 Å². The molecule has 1 fully saturated rings. The molecule has 0 bridgehead atoms. The highest BCUT2D eigenvalue weighted by Crippen LogP contribution is 2.31. The van der Waals surface area contributed by atoms with Crippen molar-refractivity contribution in [1.29, 1.82) is 0 Å². The molecule has 0 amide bonds. The fraction of sp³-hybridized carbons (Fsp3) is 0.368. The van der Waals surface area contributed by atoms with Crippen molar-refractivity contribution in [2.75, 3.05) is 18.0 Å². The van der Waals surface area contributed by atoms with Crippen LogP contribution in [0.15, 0.2) is 42.7 Å². The van der Waals surface area contributed by atoms with E-state index in [1.165, 1.54) is 23.1 Å². The predicted octanol–water partition coefficient (Wildman–Crippen LogP) is 3.35. The topological polar surface area (TPSA) is 34.0 Å². The molecule has 4 nitrogen and oxygen atoms in total. The molecule has 23 heavy (non-hydrogen) atoms. The maximum absolute atomic E-state index is 4.66. The zero-order valence-electron chi connectivity index (χ0n) is 13.7. The Hall–Kier alpha value is -2.36. The normalized spacial score (nSPS) is 18.0. The molecule has 0 radical (unpaired) electrons. The summed E-state index contributed by atoms with van der Waals surface area (Å²) >= 11 is 0. The van der Waals surface area contributed by atoms with Crippen LogP contribution in [0, 0.1) is 12.8 Å². The van der Waals surface area contributed by atoms with Crippen molar-refractivity contribution >= 4 is 16.6 Å². The van der Waals surface area contributed by atoms with Crippen LogP contribution in [0.3, 0.4) is 0 Å². The summed E-state index contributed by atoms with van der Waals surface area (Å²) in [4.78, 5) is 7.19. The van der Waals surface area contributed by atoms with Crippen LogP contribution in [-0.2, 0) is 13.5 Å². The van der Waals surface area contributed by atoms with Crippen molar-refractivity contribution in [3.8, 4) is 0 Å². The molecule has 1 aliphatic heterocycles. The molecule has 0 N–H and O–H groups in total. The standard InChI is InChI=1S/C19H22N4/c1-14-9-19(17-5-3-4-6-18(17)21-14)23-8-7-15(13-23)10-16-11-20-22(2)12-16/h3-6,9,11-12,15H,7-8,10,13H2,1-2H3. The molecule has 1 aromatic carbocycles. The van der Waals surface area contributed by atoms with E-state index in [0.29, 0.717) is 5.92 Å². The number of fused-ring (bicyclic) bond motifs is 1. The first-order chi connectivity index (χ1) is 11.2. The van der Waals surface area contributed by atoms with Crippen molar-refractivity contribution in [2.45, 2.75) is 19.8 Å². The van der Waals surface area contributed by atoms with Gasteiger partial charge < -0.3 is 4.90 Å². The van der Waals surface area contributed by atoms with Gasteiger partial charge in [0, 0.05) is 43.1 Å². The lowest BCUT2D eigenvalue weighted by Gasteiger charge is -2.21. The van der Waals surface area contributed by atoms with Crippen molar-refractivity contribution in [3.63, 3.8) is 0 Å².